The number of nitrogens with one attached hydrogen (secondary N) is 1. The maximum Gasteiger partial charge on any atom is 0.225 e. The van der Waals surface area contributed by atoms with Crippen molar-refractivity contribution < 1.29 is 9.90 Å². The molecule has 6 nitrogen and oxygen atoms in total. The summed E-state index contributed by atoms with van der Waals surface area (Å²) in [7, 11) is 0. The lowest BCUT2D eigenvalue weighted by molar-refractivity contribution is -0.116. The minimum Gasteiger partial charge on any atom is -0.396 e. The van der Waals surface area contributed by atoms with Gasteiger partial charge in [0.15, 0.2) is 0 Å². The van der Waals surface area contributed by atoms with E-state index in [9.17, 15) is 9.90 Å². The van der Waals surface area contributed by atoms with E-state index in [0.29, 0.717) is 22.7 Å². The Balaban J connectivity index is 1.74. The second-order valence-corrected chi connectivity index (χ2v) is 8.46. The van der Waals surface area contributed by atoms with E-state index in [-0.39, 0.29) is 24.9 Å². The Kier molecular flexibility index (Phi) is 6.73. The number of carbonyl (C=O) groups excluding carboxylic acids is 1. The molecular weight excluding hydrogens is 376 g/mol. The second kappa shape index (κ2) is 9.05. The highest BCUT2D eigenvalue weighted by molar-refractivity contribution is 6.31. The molecule has 1 aliphatic rings. The highest BCUT2D eigenvalue weighted by atomic mass is 35.5. The highest BCUT2D eigenvalue weighted by Gasteiger charge is 2.32. The summed E-state index contributed by atoms with van der Waals surface area (Å²) < 4.78 is 2.17. The molecule has 152 valence electrons. The minimum atomic E-state index is -0.375. The predicted molar refractivity (Wildman–Crippen MR) is 111 cm³/mol. The molecule has 1 atom stereocenters. The van der Waals surface area contributed by atoms with Crippen LogP contribution in [0.4, 0.5) is 5.69 Å². The zero-order valence-corrected chi connectivity index (χ0v) is 17.5. The van der Waals surface area contributed by atoms with Crippen LogP contribution in [0.1, 0.15) is 68.7 Å². The van der Waals surface area contributed by atoms with Gasteiger partial charge in [0.05, 0.1) is 12.5 Å². The van der Waals surface area contributed by atoms with Gasteiger partial charge < -0.3 is 15.0 Å². The number of amides is 1. The summed E-state index contributed by atoms with van der Waals surface area (Å²) in [5.41, 5.74) is 1.52. The van der Waals surface area contributed by atoms with Gasteiger partial charge in [-0.25, -0.2) is 0 Å². The van der Waals surface area contributed by atoms with Crippen molar-refractivity contribution in [3.05, 3.63) is 40.4 Å². The lowest BCUT2D eigenvalue weighted by atomic mass is 10.0. The molecule has 1 saturated carbocycles. The summed E-state index contributed by atoms with van der Waals surface area (Å²) in [5.74, 6) is 1.74. The number of nitrogens with zero attached hydrogens (tertiary/aromatic N) is 3. The number of carbonyl (C=O) groups is 1. The molecule has 0 bridgehead atoms. The van der Waals surface area contributed by atoms with E-state index in [1.807, 2.05) is 13.0 Å². The molecule has 3 rings (SSSR count). The summed E-state index contributed by atoms with van der Waals surface area (Å²) >= 11 is 6.13. The van der Waals surface area contributed by atoms with Gasteiger partial charge >= 0.3 is 0 Å². The standard InChI is InChI=1S/C21H29ClN4O2/c1-13(2)7-10-19-24-25-21(26(19)16-8-9-16)15(12-27)11-20(28)23-18-6-4-5-17(22)14(18)3/h4-6,13,15-16,27H,7-12H2,1-3H3,(H,23,28). The van der Waals surface area contributed by atoms with Crippen LogP contribution in [0.2, 0.25) is 5.02 Å². The number of hydrogen-bond acceptors (Lipinski definition) is 4. The highest BCUT2D eigenvalue weighted by Crippen LogP contribution is 2.39. The smallest absolute Gasteiger partial charge is 0.225 e. The molecule has 1 unspecified atom stereocenters. The SMILES string of the molecule is Cc1c(Cl)cccc1NC(=O)CC(CO)c1nnc(CCC(C)C)n1C1CC1. The Morgan fingerprint density at radius 1 is 1.36 bits per heavy atom. The van der Waals surface area contributed by atoms with Crippen LogP contribution in [0.15, 0.2) is 18.2 Å². The van der Waals surface area contributed by atoms with Crippen LogP contribution in [0.3, 0.4) is 0 Å². The van der Waals surface area contributed by atoms with Crippen LogP contribution in [0, 0.1) is 12.8 Å². The molecule has 2 aromatic rings. The van der Waals surface area contributed by atoms with Crippen LogP contribution in [-0.4, -0.2) is 32.4 Å². The summed E-state index contributed by atoms with van der Waals surface area (Å²) in [6.07, 6.45) is 4.27. The van der Waals surface area contributed by atoms with E-state index in [0.717, 1.165) is 42.9 Å². The molecule has 0 aliphatic heterocycles. The average molecular weight is 405 g/mol. The first-order valence-electron chi connectivity index (χ1n) is 10.00. The maximum absolute atomic E-state index is 12.6. The molecule has 1 amide bonds. The summed E-state index contributed by atoms with van der Waals surface area (Å²) in [4.78, 5) is 12.6. The molecule has 1 aliphatic carbocycles. The number of aliphatic hydroxyl groups excluding tert-OH is 1. The first-order chi connectivity index (χ1) is 13.4. The van der Waals surface area contributed by atoms with Crippen molar-refractivity contribution in [1.82, 2.24) is 14.8 Å². The molecule has 0 radical (unpaired) electrons. The largest absolute Gasteiger partial charge is 0.396 e. The van der Waals surface area contributed by atoms with E-state index in [1.165, 1.54) is 0 Å². The molecule has 1 heterocycles. The topological polar surface area (TPSA) is 80.0 Å². The third-order valence-electron chi connectivity index (χ3n) is 5.21. The fourth-order valence-electron chi connectivity index (χ4n) is 3.34. The molecule has 2 N–H and O–H groups in total. The second-order valence-electron chi connectivity index (χ2n) is 8.05. The monoisotopic (exact) mass is 404 g/mol. The first kappa shape index (κ1) is 20.8. The lowest BCUT2D eigenvalue weighted by Gasteiger charge is -2.17. The van der Waals surface area contributed by atoms with Crippen molar-refractivity contribution in [2.75, 3.05) is 11.9 Å². The van der Waals surface area contributed by atoms with E-state index < -0.39 is 0 Å². The number of hydrogen-bond donors (Lipinski definition) is 2. The van der Waals surface area contributed by atoms with Gasteiger partial charge in [-0.05, 0) is 49.8 Å². The number of rotatable bonds is 9. The number of aliphatic hydroxyl groups is 1. The van der Waals surface area contributed by atoms with Crippen molar-refractivity contribution in [2.24, 2.45) is 5.92 Å². The van der Waals surface area contributed by atoms with Crippen LogP contribution >= 0.6 is 11.6 Å². The molecule has 0 spiro atoms. The molecule has 28 heavy (non-hydrogen) atoms. The molecule has 7 heteroatoms. The molecule has 1 fully saturated rings. The summed E-state index contributed by atoms with van der Waals surface area (Å²) in [6, 6.07) is 5.82. The van der Waals surface area contributed by atoms with Crippen molar-refractivity contribution in [3.8, 4) is 0 Å². The van der Waals surface area contributed by atoms with Gasteiger partial charge in [-0.15, -0.1) is 10.2 Å². The van der Waals surface area contributed by atoms with Crippen LogP contribution in [0.25, 0.3) is 0 Å². The van der Waals surface area contributed by atoms with Gasteiger partial charge in [0.25, 0.3) is 0 Å². The normalized spacial score (nSPS) is 15.1. The molecule has 0 saturated heterocycles. The fraction of sp³-hybridized carbons (Fsp3) is 0.571. The third kappa shape index (κ3) is 4.92. The van der Waals surface area contributed by atoms with Gasteiger partial charge in [0.2, 0.25) is 5.91 Å². The minimum absolute atomic E-state index is 0.142. The Hall–Kier alpha value is -1.92. The maximum atomic E-state index is 12.6. The number of aryl methyl sites for hydroxylation is 1. The Morgan fingerprint density at radius 3 is 2.75 bits per heavy atom. The van der Waals surface area contributed by atoms with E-state index >= 15 is 0 Å². The van der Waals surface area contributed by atoms with Gasteiger partial charge in [0.1, 0.15) is 11.6 Å². The van der Waals surface area contributed by atoms with Gasteiger partial charge in [0, 0.05) is 29.6 Å². The molecule has 1 aromatic heterocycles. The Labute approximate surface area is 171 Å². The third-order valence-corrected chi connectivity index (χ3v) is 5.62. The number of anilines is 1. The lowest BCUT2D eigenvalue weighted by Crippen LogP contribution is -2.21. The predicted octanol–water partition coefficient (Wildman–Crippen LogP) is 4.27. The molecule has 1 aromatic carbocycles. The van der Waals surface area contributed by atoms with Gasteiger partial charge in [-0.2, -0.15) is 0 Å². The van der Waals surface area contributed by atoms with Crippen molar-refractivity contribution in [2.45, 2.75) is 64.8 Å². The quantitative estimate of drug-likeness (QED) is 0.654. The summed E-state index contributed by atoms with van der Waals surface area (Å²) in [6.45, 7) is 6.11. The van der Waals surface area contributed by atoms with E-state index in [4.69, 9.17) is 11.6 Å². The van der Waals surface area contributed by atoms with Crippen molar-refractivity contribution in [3.63, 3.8) is 0 Å². The number of halogens is 1. The summed E-state index contributed by atoms with van der Waals surface area (Å²) in [5, 5.41) is 22.2. The van der Waals surface area contributed by atoms with Crippen LogP contribution in [-0.2, 0) is 11.2 Å². The molecular formula is C21H29ClN4O2. The zero-order valence-electron chi connectivity index (χ0n) is 16.8. The van der Waals surface area contributed by atoms with Crippen LogP contribution < -0.4 is 5.32 Å². The number of benzene rings is 1. The fourth-order valence-corrected chi connectivity index (χ4v) is 3.51. The van der Waals surface area contributed by atoms with Crippen molar-refractivity contribution >= 4 is 23.2 Å². The first-order valence-corrected chi connectivity index (χ1v) is 10.4. The average Bonchev–Trinajstić information content (AvgIpc) is 3.41. The zero-order chi connectivity index (χ0) is 20.3. The van der Waals surface area contributed by atoms with E-state index in [2.05, 4.69) is 33.9 Å². The van der Waals surface area contributed by atoms with E-state index in [1.54, 1.807) is 12.1 Å². The van der Waals surface area contributed by atoms with Crippen molar-refractivity contribution in [1.29, 1.82) is 0 Å². The van der Waals surface area contributed by atoms with Gasteiger partial charge in [-0.3, -0.25) is 4.79 Å². The van der Waals surface area contributed by atoms with Crippen LogP contribution in [0.5, 0.6) is 0 Å². The van der Waals surface area contributed by atoms with Gasteiger partial charge in [-0.1, -0.05) is 31.5 Å². The number of aromatic nitrogens is 3. The Bertz CT molecular complexity index is 830. The Morgan fingerprint density at radius 2 is 2.11 bits per heavy atom.